The summed E-state index contributed by atoms with van der Waals surface area (Å²) in [7, 11) is 1.79. The van der Waals surface area contributed by atoms with Crippen LogP contribution in [0, 0.1) is 0 Å². The van der Waals surface area contributed by atoms with Crippen LogP contribution in [0.5, 0.6) is 0 Å². The number of carbonyl (C=O) groups excluding carboxylic acids is 1. The summed E-state index contributed by atoms with van der Waals surface area (Å²) in [6.07, 6.45) is 4.71. The van der Waals surface area contributed by atoms with E-state index in [0.717, 1.165) is 5.69 Å². The van der Waals surface area contributed by atoms with E-state index in [-0.39, 0.29) is 5.91 Å². The van der Waals surface area contributed by atoms with Gasteiger partial charge in [0.2, 0.25) is 0 Å². The molecule has 76 valence electrons. The molecule has 0 saturated heterocycles. The number of aromatic nitrogens is 2. The van der Waals surface area contributed by atoms with Gasteiger partial charge in [-0.2, -0.15) is 0 Å². The van der Waals surface area contributed by atoms with Gasteiger partial charge in [0.05, 0.1) is 5.56 Å². The molecule has 2 aromatic rings. The van der Waals surface area contributed by atoms with Crippen LogP contribution in [0.25, 0.3) is 0 Å². The predicted octanol–water partition coefficient (Wildman–Crippen LogP) is 1.61. The third kappa shape index (κ3) is 1.74. The van der Waals surface area contributed by atoms with Crippen LogP contribution >= 0.6 is 0 Å². The van der Waals surface area contributed by atoms with Crippen molar-refractivity contribution in [2.45, 2.75) is 0 Å². The molecule has 0 saturated carbocycles. The highest BCUT2D eigenvalue weighted by Crippen LogP contribution is 2.15. The average Bonchev–Trinajstić information content (AvgIpc) is 2.81. The number of imidazole rings is 1. The molecule has 0 fully saturated rings. The maximum Gasteiger partial charge on any atom is 0.265 e. The minimum atomic E-state index is -0.0857. The maximum atomic E-state index is 12.0. The van der Waals surface area contributed by atoms with E-state index in [9.17, 15) is 4.79 Å². The van der Waals surface area contributed by atoms with Gasteiger partial charge in [-0.05, 0) is 12.1 Å². The first-order valence-electron chi connectivity index (χ1n) is 4.62. The van der Waals surface area contributed by atoms with E-state index in [1.165, 1.54) is 10.9 Å². The van der Waals surface area contributed by atoms with Crippen LogP contribution in [0.1, 0.15) is 10.4 Å². The van der Waals surface area contributed by atoms with Gasteiger partial charge in [0.25, 0.3) is 5.91 Å². The molecule has 2 rings (SSSR count). The molecule has 0 spiro atoms. The fraction of sp³-hybridized carbons (Fsp3) is 0.0909. The number of benzene rings is 1. The zero-order chi connectivity index (χ0) is 10.7. The van der Waals surface area contributed by atoms with Gasteiger partial charge in [-0.3, -0.25) is 9.36 Å². The monoisotopic (exact) mass is 201 g/mol. The molecule has 0 atom stereocenters. The van der Waals surface area contributed by atoms with Crippen LogP contribution in [0.2, 0.25) is 0 Å². The molecule has 4 heteroatoms. The first-order chi connectivity index (χ1) is 7.33. The van der Waals surface area contributed by atoms with Crippen molar-refractivity contribution in [1.82, 2.24) is 9.55 Å². The van der Waals surface area contributed by atoms with E-state index in [0.29, 0.717) is 5.56 Å². The highest BCUT2D eigenvalue weighted by molar-refractivity contribution is 6.00. The largest absolute Gasteiger partial charge is 0.387 e. The second kappa shape index (κ2) is 3.96. The van der Waals surface area contributed by atoms with E-state index < -0.39 is 0 Å². The molecule has 0 amide bonds. The van der Waals surface area contributed by atoms with E-state index in [1.807, 2.05) is 18.2 Å². The summed E-state index contributed by atoms with van der Waals surface area (Å²) in [6.45, 7) is 0. The molecule has 4 nitrogen and oxygen atoms in total. The van der Waals surface area contributed by atoms with E-state index >= 15 is 0 Å². The smallest absolute Gasteiger partial charge is 0.265 e. The predicted molar refractivity (Wildman–Crippen MR) is 57.9 cm³/mol. The second-order valence-corrected chi connectivity index (χ2v) is 3.07. The molecule has 0 unspecified atom stereocenters. The molecule has 0 aliphatic rings. The van der Waals surface area contributed by atoms with Crippen LogP contribution in [0.15, 0.2) is 43.0 Å². The molecule has 1 aromatic heterocycles. The van der Waals surface area contributed by atoms with Crippen molar-refractivity contribution in [1.29, 1.82) is 0 Å². The van der Waals surface area contributed by atoms with Crippen molar-refractivity contribution in [3.05, 3.63) is 48.5 Å². The number of nitrogens with zero attached hydrogens (tertiary/aromatic N) is 2. The Bertz CT molecular complexity index is 462. The Morgan fingerprint density at radius 2 is 2.20 bits per heavy atom. The van der Waals surface area contributed by atoms with Gasteiger partial charge in [0, 0.05) is 25.1 Å². The van der Waals surface area contributed by atoms with Gasteiger partial charge in [-0.1, -0.05) is 12.1 Å². The van der Waals surface area contributed by atoms with E-state index in [1.54, 1.807) is 25.5 Å². The molecule has 1 N–H and O–H groups in total. The van der Waals surface area contributed by atoms with Crippen LogP contribution < -0.4 is 5.32 Å². The third-order valence-corrected chi connectivity index (χ3v) is 2.17. The van der Waals surface area contributed by atoms with Gasteiger partial charge in [0.1, 0.15) is 6.33 Å². The Balaban J connectivity index is 2.42. The second-order valence-electron chi connectivity index (χ2n) is 3.07. The molecule has 0 bridgehead atoms. The fourth-order valence-corrected chi connectivity index (χ4v) is 1.41. The summed E-state index contributed by atoms with van der Waals surface area (Å²) < 4.78 is 1.45. The number of anilines is 1. The fourth-order valence-electron chi connectivity index (χ4n) is 1.41. The first-order valence-corrected chi connectivity index (χ1v) is 4.62. The molecule has 0 aliphatic heterocycles. The Hall–Kier alpha value is -2.10. The lowest BCUT2D eigenvalue weighted by Gasteiger charge is -2.07. The molecular formula is C11H11N3O. The van der Waals surface area contributed by atoms with Crippen LogP contribution in [-0.2, 0) is 0 Å². The number of rotatable bonds is 2. The van der Waals surface area contributed by atoms with E-state index in [4.69, 9.17) is 0 Å². The SMILES string of the molecule is CNc1ccccc1C(=O)n1ccnc1. The zero-order valence-electron chi connectivity index (χ0n) is 8.34. The van der Waals surface area contributed by atoms with Crippen molar-refractivity contribution in [3.8, 4) is 0 Å². The molecule has 0 aliphatic carbocycles. The standard InChI is InChI=1S/C11H11N3O/c1-12-10-5-3-2-4-9(10)11(15)14-7-6-13-8-14/h2-8,12H,1H3. The first kappa shape index (κ1) is 9.45. The van der Waals surface area contributed by atoms with Crippen molar-refractivity contribution < 1.29 is 4.79 Å². The van der Waals surface area contributed by atoms with Crippen LogP contribution in [0.3, 0.4) is 0 Å². The number of nitrogens with one attached hydrogen (secondary N) is 1. The van der Waals surface area contributed by atoms with E-state index in [2.05, 4.69) is 10.3 Å². The van der Waals surface area contributed by atoms with Crippen LogP contribution in [-0.4, -0.2) is 22.5 Å². The van der Waals surface area contributed by atoms with Crippen molar-refractivity contribution >= 4 is 11.6 Å². The summed E-state index contributed by atoms with van der Waals surface area (Å²) in [4.78, 5) is 15.8. The molecule has 15 heavy (non-hydrogen) atoms. The zero-order valence-corrected chi connectivity index (χ0v) is 8.34. The van der Waals surface area contributed by atoms with Gasteiger partial charge < -0.3 is 5.32 Å². The average molecular weight is 201 g/mol. The summed E-state index contributed by atoms with van der Waals surface area (Å²) in [5, 5.41) is 2.98. The number of hydrogen-bond donors (Lipinski definition) is 1. The summed E-state index contributed by atoms with van der Waals surface area (Å²) in [6, 6.07) is 7.37. The van der Waals surface area contributed by atoms with Gasteiger partial charge in [0.15, 0.2) is 0 Å². The van der Waals surface area contributed by atoms with Crippen molar-refractivity contribution in [2.24, 2.45) is 0 Å². The topological polar surface area (TPSA) is 46.9 Å². The van der Waals surface area contributed by atoms with Crippen molar-refractivity contribution in [2.75, 3.05) is 12.4 Å². The van der Waals surface area contributed by atoms with Crippen LogP contribution in [0.4, 0.5) is 5.69 Å². The summed E-state index contributed by atoms with van der Waals surface area (Å²) >= 11 is 0. The molecular weight excluding hydrogens is 190 g/mol. The lowest BCUT2D eigenvalue weighted by molar-refractivity contribution is 0.0960. The molecule has 1 aromatic carbocycles. The lowest BCUT2D eigenvalue weighted by atomic mass is 10.1. The minimum Gasteiger partial charge on any atom is -0.387 e. The molecule has 0 radical (unpaired) electrons. The Labute approximate surface area is 87.6 Å². The van der Waals surface area contributed by atoms with Gasteiger partial charge in [-0.25, -0.2) is 4.98 Å². The third-order valence-electron chi connectivity index (χ3n) is 2.17. The number of para-hydroxylation sites is 1. The van der Waals surface area contributed by atoms with Gasteiger partial charge in [-0.15, -0.1) is 0 Å². The Kier molecular flexibility index (Phi) is 2.49. The Morgan fingerprint density at radius 1 is 1.40 bits per heavy atom. The Morgan fingerprint density at radius 3 is 2.87 bits per heavy atom. The number of carbonyl (C=O) groups is 1. The minimum absolute atomic E-state index is 0.0857. The number of hydrogen-bond acceptors (Lipinski definition) is 3. The normalized spacial score (nSPS) is 9.93. The van der Waals surface area contributed by atoms with Crippen molar-refractivity contribution in [3.63, 3.8) is 0 Å². The van der Waals surface area contributed by atoms with Gasteiger partial charge >= 0.3 is 0 Å². The highest BCUT2D eigenvalue weighted by Gasteiger charge is 2.10. The summed E-state index contributed by atoms with van der Waals surface area (Å²) in [5.41, 5.74) is 1.45. The molecule has 1 heterocycles. The summed E-state index contributed by atoms with van der Waals surface area (Å²) in [5.74, 6) is -0.0857. The lowest BCUT2D eigenvalue weighted by Crippen LogP contribution is -2.11. The highest BCUT2D eigenvalue weighted by atomic mass is 16.2. The quantitative estimate of drug-likeness (QED) is 0.803. The maximum absolute atomic E-state index is 12.0.